The van der Waals surface area contributed by atoms with Crippen LogP contribution in [0.4, 0.5) is 0 Å². The fourth-order valence-corrected chi connectivity index (χ4v) is 2.79. The Morgan fingerprint density at radius 2 is 2.39 bits per heavy atom. The predicted molar refractivity (Wildman–Crippen MR) is 70.5 cm³/mol. The van der Waals surface area contributed by atoms with Crippen molar-refractivity contribution in [1.29, 1.82) is 0 Å². The molecule has 0 saturated carbocycles. The van der Waals surface area contributed by atoms with Gasteiger partial charge in [-0.05, 0) is 13.0 Å². The van der Waals surface area contributed by atoms with E-state index in [0.29, 0.717) is 16.8 Å². The van der Waals surface area contributed by atoms with Gasteiger partial charge >= 0.3 is 5.97 Å². The highest BCUT2D eigenvalue weighted by atomic mass is 32.1. The molecule has 18 heavy (non-hydrogen) atoms. The quantitative estimate of drug-likeness (QED) is 0.493. The first kappa shape index (κ1) is 12.3. The van der Waals surface area contributed by atoms with Gasteiger partial charge in [0, 0.05) is 12.7 Å². The molecule has 3 N–H and O–H groups in total. The van der Waals surface area contributed by atoms with Crippen LogP contribution in [0.15, 0.2) is 22.2 Å². The molecule has 2 aromatic rings. The zero-order valence-corrected chi connectivity index (χ0v) is 10.4. The van der Waals surface area contributed by atoms with Crippen LogP contribution in [0.25, 0.3) is 10.2 Å². The number of hydrogen-bond donors (Lipinski definition) is 2. The number of carboxylic acid groups (broad SMARTS) is 1. The maximum Gasteiger partial charge on any atom is 0.341 e. The van der Waals surface area contributed by atoms with E-state index < -0.39 is 11.4 Å². The summed E-state index contributed by atoms with van der Waals surface area (Å²) in [6.07, 6.45) is 2.80. The molecule has 0 aliphatic carbocycles. The van der Waals surface area contributed by atoms with Crippen molar-refractivity contribution in [1.82, 2.24) is 4.57 Å². The molecule has 0 atom stereocenters. The topological polar surface area (TPSA) is 97.7 Å². The van der Waals surface area contributed by atoms with Crippen molar-refractivity contribution < 1.29 is 9.90 Å². The molecule has 0 saturated heterocycles. The molecule has 2 rings (SSSR count). The number of nitrogens with two attached hydrogens (primary N) is 1. The summed E-state index contributed by atoms with van der Waals surface area (Å²) in [6.45, 7) is 2.46. The van der Waals surface area contributed by atoms with Gasteiger partial charge in [-0.15, -0.1) is 11.3 Å². The van der Waals surface area contributed by atoms with E-state index in [0.717, 1.165) is 4.83 Å². The van der Waals surface area contributed by atoms with Crippen LogP contribution in [0.1, 0.15) is 22.2 Å². The van der Waals surface area contributed by atoms with Crippen LogP contribution in [0, 0.1) is 0 Å². The van der Waals surface area contributed by atoms with E-state index in [-0.39, 0.29) is 5.56 Å². The minimum absolute atomic E-state index is 0.224. The predicted octanol–water partition coefficient (Wildman–Crippen LogP) is 1.07. The summed E-state index contributed by atoms with van der Waals surface area (Å²) < 4.78 is 1.73. The number of hydrazone groups is 1. The third-order valence-electron chi connectivity index (χ3n) is 2.54. The van der Waals surface area contributed by atoms with Gasteiger partial charge in [0.25, 0.3) is 0 Å². The zero-order chi connectivity index (χ0) is 13.3. The van der Waals surface area contributed by atoms with Gasteiger partial charge in [0.2, 0.25) is 5.43 Å². The highest BCUT2D eigenvalue weighted by molar-refractivity contribution is 7.20. The van der Waals surface area contributed by atoms with E-state index in [1.807, 2.05) is 6.92 Å². The number of aromatic carboxylic acids is 1. The van der Waals surface area contributed by atoms with E-state index in [1.54, 1.807) is 10.6 Å². The van der Waals surface area contributed by atoms with E-state index in [2.05, 4.69) is 5.10 Å². The number of carbonyl (C=O) groups is 1. The van der Waals surface area contributed by atoms with Gasteiger partial charge in [-0.2, -0.15) is 5.10 Å². The lowest BCUT2D eigenvalue weighted by atomic mass is 10.2. The fraction of sp³-hybridized carbons (Fsp3) is 0.182. The number of rotatable bonds is 3. The maximum atomic E-state index is 12.0. The van der Waals surface area contributed by atoms with Crippen molar-refractivity contribution in [3.05, 3.63) is 32.9 Å². The van der Waals surface area contributed by atoms with Gasteiger partial charge in [-0.3, -0.25) is 4.79 Å². The van der Waals surface area contributed by atoms with Gasteiger partial charge in [0.15, 0.2) is 0 Å². The van der Waals surface area contributed by atoms with Crippen molar-refractivity contribution in [3.8, 4) is 0 Å². The number of thiophene rings is 1. The number of hydrogen-bond acceptors (Lipinski definition) is 5. The molecule has 94 valence electrons. The van der Waals surface area contributed by atoms with Crippen LogP contribution in [-0.4, -0.2) is 21.9 Å². The second-order valence-electron chi connectivity index (χ2n) is 3.61. The summed E-state index contributed by atoms with van der Waals surface area (Å²) in [4.78, 5) is 24.4. The third-order valence-corrected chi connectivity index (χ3v) is 3.65. The summed E-state index contributed by atoms with van der Waals surface area (Å²) in [5, 5.41) is 12.8. The molecule has 0 aliphatic rings. The van der Waals surface area contributed by atoms with Crippen LogP contribution >= 0.6 is 11.3 Å². The van der Waals surface area contributed by atoms with Gasteiger partial charge in [-0.25, -0.2) is 4.79 Å². The van der Waals surface area contributed by atoms with Gasteiger partial charge in [0.1, 0.15) is 10.4 Å². The molecule has 0 radical (unpaired) electrons. The summed E-state index contributed by atoms with van der Waals surface area (Å²) >= 11 is 1.35. The van der Waals surface area contributed by atoms with Crippen molar-refractivity contribution in [3.63, 3.8) is 0 Å². The first-order valence-corrected chi connectivity index (χ1v) is 6.03. The van der Waals surface area contributed by atoms with E-state index in [4.69, 9.17) is 10.9 Å². The van der Waals surface area contributed by atoms with Crippen LogP contribution in [0.2, 0.25) is 0 Å². The lowest BCUT2D eigenvalue weighted by Crippen LogP contribution is -2.17. The van der Waals surface area contributed by atoms with Crippen LogP contribution in [0.3, 0.4) is 0 Å². The second kappa shape index (κ2) is 4.61. The molecule has 2 aromatic heterocycles. The smallest absolute Gasteiger partial charge is 0.341 e. The third kappa shape index (κ3) is 1.88. The Morgan fingerprint density at radius 3 is 2.94 bits per heavy atom. The Bertz CT molecular complexity index is 699. The number of carboxylic acids is 1. The molecular weight excluding hydrogens is 254 g/mol. The fourth-order valence-electron chi connectivity index (χ4n) is 1.72. The molecule has 0 fully saturated rings. The molecule has 6 nitrogen and oxygen atoms in total. The molecular formula is C11H11N3O3S. The Morgan fingerprint density at radius 1 is 1.67 bits per heavy atom. The highest BCUT2D eigenvalue weighted by Gasteiger charge is 2.16. The van der Waals surface area contributed by atoms with Crippen LogP contribution < -0.4 is 11.3 Å². The average Bonchev–Trinajstić information content (AvgIpc) is 2.74. The summed E-state index contributed by atoms with van der Waals surface area (Å²) in [6, 6.07) is 1.61. The first-order chi connectivity index (χ1) is 8.58. The number of pyridine rings is 1. The van der Waals surface area contributed by atoms with Crippen molar-refractivity contribution in [2.24, 2.45) is 10.9 Å². The average molecular weight is 265 g/mol. The minimum Gasteiger partial charge on any atom is -0.477 e. The Labute approximate surface area is 106 Å². The molecule has 0 spiro atoms. The monoisotopic (exact) mass is 265 g/mol. The van der Waals surface area contributed by atoms with Gasteiger partial charge in [-0.1, -0.05) is 0 Å². The Kier molecular flexibility index (Phi) is 3.15. The Hall–Kier alpha value is -2.15. The normalized spacial score (nSPS) is 11.4. The molecule has 0 unspecified atom stereocenters. The summed E-state index contributed by atoms with van der Waals surface area (Å²) in [5.41, 5.74) is -0.700. The van der Waals surface area contributed by atoms with E-state index in [9.17, 15) is 9.59 Å². The highest BCUT2D eigenvalue weighted by Crippen LogP contribution is 2.22. The van der Waals surface area contributed by atoms with Crippen LogP contribution in [0.5, 0.6) is 0 Å². The van der Waals surface area contributed by atoms with E-state index in [1.165, 1.54) is 23.7 Å². The lowest BCUT2D eigenvalue weighted by molar-refractivity contribution is 0.0695. The van der Waals surface area contributed by atoms with Crippen molar-refractivity contribution in [2.45, 2.75) is 13.5 Å². The summed E-state index contributed by atoms with van der Waals surface area (Å²) in [7, 11) is 0. The first-order valence-electron chi connectivity index (χ1n) is 5.22. The number of nitrogens with zero attached hydrogens (tertiary/aromatic N) is 2. The molecule has 7 heteroatoms. The lowest BCUT2D eigenvalue weighted by Gasteiger charge is -2.05. The standard InChI is InChI=1S/C11H11N3O3S/c1-2-14-5-8(11(16)17)9(15)7-3-6(4-13-12)18-10(7)14/h3-5H,2,12H2,1H3,(H,16,17)/b13-4-. The second-order valence-corrected chi connectivity index (χ2v) is 4.67. The van der Waals surface area contributed by atoms with E-state index >= 15 is 0 Å². The zero-order valence-electron chi connectivity index (χ0n) is 9.58. The SMILES string of the molecule is CCn1cc(C(=O)O)c(=O)c2cc(/C=N\N)sc21. The maximum absolute atomic E-state index is 12.0. The van der Waals surface area contributed by atoms with Gasteiger partial charge < -0.3 is 15.5 Å². The Balaban J connectivity index is 2.85. The molecule has 0 aliphatic heterocycles. The number of fused-ring (bicyclic) bond motifs is 1. The molecule has 0 amide bonds. The molecule has 0 aromatic carbocycles. The van der Waals surface area contributed by atoms with Crippen molar-refractivity contribution >= 4 is 33.7 Å². The largest absolute Gasteiger partial charge is 0.477 e. The number of aromatic nitrogens is 1. The molecule has 0 bridgehead atoms. The molecule has 2 heterocycles. The van der Waals surface area contributed by atoms with Gasteiger partial charge in [0.05, 0.1) is 16.5 Å². The summed E-state index contributed by atoms with van der Waals surface area (Å²) in [5.74, 6) is 3.85. The van der Waals surface area contributed by atoms with Crippen molar-refractivity contribution in [2.75, 3.05) is 0 Å². The van der Waals surface area contributed by atoms with Crippen LogP contribution in [-0.2, 0) is 6.54 Å². The number of aryl methyl sites for hydroxylation is 1. The minimum atomic E-state index is -1.22.